The van der Waals surface area contributed by atoms with Gasteiger partial charge in [-0.3, -0.25) is 0 Å². The van der Waals surface area contributed by atoms with Crippen molar-refractivity contribution in [1.29, 1.82) is 0 Å². The van der Waals surface area contributed by atoms with Gasteiger partial charge in [-0.25, -0.2) is 0 Å². The fourth-order valence-electron chi connectivity index (χ4n) is 1.97. The van der Waals surface area contributed by atoms with Crippen LogP contribution in [0.3, 0.4) is 0 Å². The molecule has 3 aromatic rings. The number of aromatic hydroxyl groups is 2. The Kier molecular flexibility index (Phi) is 8.27. The Hall–Kier alpha value is -1.94. The SMILES string of the molecule is COc1ccccc1O.Oc1ccccc1-c1ccccc1.[NaH]. The third kappa shape index (κ3) is 5.64. The van der Waals surface area contributed by atoms with Crippen molar-refractivity contribution in [2.45, 2.75) is 0 Å². The Morgan fingerprint density at radius 2 is 1.17 bits per heavy atom. The molecule has 0 aliphatic heterocycles. The average molecular weight is 318 g/mol. The van der Waals surface area contributed by atoms with Crippen LogP contribution in [-0.4, -0.2) is 46.9 Å². The van der Waals surface area contributed by atoms with Crippen LogP contribution in [0.5, 0.6) is 17.2 Å². The number of phenolic OH excluding ortho intramolecular Hbond substituents is 2. The van der Waals surface area contributed by atoms with Gasteiger partial charge in [0.1, 0.15) is 5.75 Å². The van der Waals surface area contributed by atoms with Crippen molar-refractivity contribution in [2.24, 2.45) is 0 Å². The minimum atomic E-state index is 0. The molecule has 0 aromatic heterocycles. The van der Waals surface area contributed by atoms with Gasteiger partial charge in [-0.15, -0.1) is 0 Å². The third-order valence-electron chi connectivity index (χ3n) is 3.07. The molecule has 2 N–H and O–H groups in total. The molecule has 3 rings (SSSR count). The van der Waals surface area contributed by atoms with E-state index in [1.165, 1.54) is 7.11 Å². The van der Waals surface area contributed by atoms with Crippen molar-refractivity contribution < 1.29 is 14.9 Å². The van der Waals surface area contributed by atoms with E-state index in [1.54, 1.807) is 30.3 Å². The van der Waals surface area contributed by atoms with Crippen LogP contribution in [-0.2, 0) is 0 Å². The van der Waals surface area contributed by atoms with Crippen LogP contribution >= 0.6 is 0 Å². The Balaban J connectivity index is 0.000000235. The molecule has 0 aliphatic rings. The van der Waals surface area contributed by atoms with E-state index in [0.29, 0.717) is 11.5 Å². The zero-order valence-electron chi connectivity index (χ0n) is 12.3. The second-order valence-electron chi connectivity index (χ2n) is 4.56. The Bertz CT molecular complexity index is 715. The van der Waals surface area contributed by atoms with Gasteiger partial charge in [0.25, 0.3) is 0 Å². The van der Waals surface area contributed by atoms with Crippen LogP contribution < -0.4 is 4.74 Å². The Labute approximate surface area is 158 Å². The molecule has 0 aliphatic carbocycles. The van der Waals surface area contributed by atoms with Crippen LogP contribution in [0.1, 0.15) is 0 Å². The number of benzene rings is 3. The van der Waals surface area contributed by atoms with Crippen LogP contribution in [0.25, 0.3) is 11.1 Å². The first-order valence-corrected chi connectivity index (χ1v) is 6.87. The van der Waals surface area contributed by atoms with E-state index in [-0.39, 0.29) is 35.3 Å². The maximum absolute atomic E-state index is 9.56. The van der Waals surface area contributed by atoms with Gasteiger partial charge in [0.05, 0.1) is 7.11 Å². The van der Waals surface area contributed by atoms with Crippen molar-refractivity contribution in [2.75, 3.05) is 7.11 Å². The van der Waals surface area contributed by atoms with E-state index >= 15 is 0 Å². The van der Waals surface area contributed by atoms with E-state index in [1.807, 2.05) is 48.5 Å². The summed E-state index contributed by atoms with van der Waals surface area (Å²) >= 11 is 0. The van der Waals surface area contributed by atoms with E-state index < -0.39 is 0 Å². The van der Waals surface area contributed by atoms with Crippen molar-refractivity contribution >= 4 is 29.6 Å². The number of ether oxygens (including phenoxy) is 1. The van der Waals surface area contributed by atoms with Gasteiger partial charge in [0.15, 0.2) is 11.5 Å². The van der Waals surface area contributed by atoms with E-state index in [4.69, 9.17) is 9.84 Å². The first kappa shape index (κ1) is 19.1. The molecule has 0 fully saturated rings. The van der Waals surface area contributed by atoms with E-state index in [0.717, 1.165) is 11.1 Å². The molecule has 3 aromatic carbocycles. The number of methoxy groups -OCH3 is 1. The van der Waals surface area contributed by atoms with Crippen LogP contribution in [0.4, 0.5) is 0 Å². The summed E-state index contributed by atoms with van der Waals surface area (Å²) in [6.07, 6.45) is 0. The van der Waals surface area contributed by atoms with Gasteiger partial charge in [-0.2, -0.15) is 0 Å². The molecule has 0 saturated carbocycles. The summed E-state index contributed by atoms with van der Waals surface area (Å²) in [4.78, 5) is 0. The Morgan fingerprint density at radius 1 is 0.652 bits per heavy atom. The van der Waals surface area contributed by atoms with Gasteiger partial charge in [-0.1, -0.05) is 60.7 Å². The Morgan fingerprint density at radius 3 is 1.70 bits per heavy atom. The molecular weight excluding hydrogens is 299 g/mol. The fraction of sp³-hybridized carbons (Fsp3) is 0.0526. The first-order chi connectivity index (χ1) is 10.7. The summed E-state index contributed by atoms with van der Waals surface area (Å²) in [6, 6.07) is 24.0. The van der Waals surface area contributed by atoms with Crippen LogP contribution in [0, 0.1) is 0 Å². The molecule has 114 valence electrons. The molecule has 23 heavy (non-hydrogen) atoms. The molecule has 0 bridgehead atoms. The molecule has 0 unspecified atom stereocenters. The van der Waals surface area contributed by atoms with E-state index in [2.05, 4.69) is 0 Å². The minimum absolute atomic E-state index is 0. The second kappa shape index (κ2) is 9.95. The number of phenols is 2. The molecule has 0 radical (unpaired) electrons. The number of para-hydroxylation sites is 3. The van der Waals surface area contributed by atoms with Gasteiger partial charge in [0, 0.05) is 5.56 Å². The number of hydrogen-bond donors (Lipinski definition) is 2. The average Bonchev–Trinajstić information content (AvgIpc) is 2.57. The molecule has 0 heterocycles. The molecule has 0 spiro atoms. The van der Waals surface area contributed by atoms with Crippen molar-refractivity contribution in [3.8, 4) is 28.4 Å². The zero-order valence-corrected chi connectivity index (χ0v) is 12.3. The summed E-state index contributed by atoms with van der Waals surface area (Å²) in [7, 11) is 1.52. The summed E-state index contributed by atoms with van der Waals surface area (Å²) in [5, 5.41) is 18.5. The third-order valence-corrected chi connectivity index (χ3v) is 3.07. The topological polar surface area (TPSA) is 49.7 Å². The van der Waals surface area contributed by atoms with Gasteiger partial charge in [0.2, 0.25) is 0 Å². The summed E-state index contributed by atoms with van der Waals surface area (Å²) in [5.41, 5.74) is 1.92. The number of hydrogen-bond acceptors (Lipinski definition) is 3. The quantitative estimate of drug-likeness (QED) is 0.706. The number of rotatable bonds is 2. The van der Waals surface area contributed by atoms with Crippen LogP contribution in [0.2, 0.25) is 0 Å². The molecule has 4 heteroatoms. The monoisotopic (exact) mass is 318 g/mol. The summed E-state index contributed by atoms with van der Waals surface area (Å²) in [5.74, 6) is 1.02. The molecule has 0 amide bonds. The van der Waals surface area contributed by atoms with Crippen molar-refractivity contribution in [1.82, 2.24) is 0 Å². The van der Waals surface area contributed by atoms with Crippen LogP contribution in [0.15, 0.2) is 78.9 Å². The van der Waals surface area contributed by atoms with Gasteiger partial charge < -0.3 is 14.9 Å². The standard InChI is InChI=1S/C12H10O.C7H8O2.Na.H/c13-12-9-5-4-8-11(12)10-6-2-1-3-7-10;1-9-7-5-3-2-4-6(7)8;;/h1-9,13H;2-5,8H,1H3;;. The predicted molar refractivity (Wildman–Crippen MR) is 95.4 cm³/mol. The molecular formula is C19H19NaO3. The van der Waals surface area contributed by atoms with E-state index in [9.17, 15) is 5.11 Å². The van der Waals surface area contributed by atoms with Crippen molar-refractivity contribution in [3.63, 3.8) is 0 Å². The molecule has 3 nitrogen and oxygen atoms in total. The molecule has 0 atom stereocenters. The second-order valence-corrected chi connectivity index (χ2v) is 4.56. The summed E-state index contributed by atoms with van der Waals surface area (Å²) in [6.45, 7) is 0. The summed E-state index contributed by atoms with van der Waals surface area (Å²) < 4.78 is 4.79. The zero-order chi connectivity index (χ0) is 15.8. The van der Waals surface area contributed by atoms with Gasteiger partial charge >= 0.3 is 29.6 Å². The first-order valence-electron chi connectivity index (χ1n) is 6.87. The van der Waals surface area contributed by atoms with Crippen molar-refractivity contribution in [3.05, 3.63) is 78.9 Å². The fourth-order valence-corrected chi connectivity index (χ4v) is 1.97. The maximum atomic E-state index is 9.56. The predicted octanol–water partition coefficient (Wildman–Crippen LogP) is 3.81. The molecule has 0 saturated heterocycles. The normalized spacial score (nSPS) is 9.09. The van der Waals surface area contributed by atoms with Gasteiger partial charge in [-0.05, 0) is 23.8 Å².